The Bertz CT molecular complexity index is 504. The Hall–Kier alpha value is -1.34. The van der Waals surface area contributed by atoms with Crippen LogP contribution in [0.1, 0.15) is 31.4 Å². The van der Waals surface area contributed by atoms with Crippen molar-refractivity contribution in [2.75, 3.05) is 0 Å². The van der Waals surface area contributed by atoms with Crippen molar-refractivity contribution in [3.05, 3.63) is 48.0 Å². The molecule has 0 aromatic heterocycles. The fourth-order valence-electron chi connectivity index (χ4n) is 2.61. The van der Waals surface area contributed by atoms with E-state index in [1.807, 2.05) is 0 Å². The largest absolute Gasteiger partial charge is 0.307 e. The summed E-state index contributed by atoms with van der Waals surface area (Å²) < 4.78 is 0. The van der Waals surface area contributed by atoms with Gasteiger partial charge < -0.3 is 5.32 Å². The number of hydrogen-bond donors (Lipinski definition) is 1. The molecule has 2 unspecified atom stereocenters. The highest BCUT2D eigenvalue weighted by Gasteiger charge is 2.21. The van der Waals surface area contributed by atoms with Crippen LogP contribution in [0.5, 0.6) is 0 Å². The molecule has 1 heterocycles. The van der Waals surface area contributed by atoms with Crippen molar-refractivity contribution in [2.24, 2.45) is 0 Å². The third kappa shape index (κ3) is 1.72. The average Bonchev–Trinajstić information content (AvgIpc) is 2.75. The minimum Gasteiger partial charge on any atom is -0.307 e. The molecule has 0 saturated carbocycles. The van der Waals surface area contributed by atoms with Crippen molar-refractivity contribution in [2.45, 2.75) is 31.8 Å². The van der Waals surface area contributed by atoms with Gasteiger partial charge in [-0.1, -0.05) is 36.4 Å². The summed E-state index contributed by atoms with van der Waals surface area (Å²) >= 11 is 0. The molecule has 1 aliphatic heterocycles. The lowest BCUT2D eigenvalue weighted by Crippen LogP contribution is -2.20. The van der Waals surface area contributed by atoms with E-state index in [4.69, 9.17) is 0 Å². The predicted molar refractivity (Wildman–Crippen MR) is 68.5 cm³/mol. The van der Waals surface area contributed by atoms with E-state index in [1.54, 1.807) is 0 Å². The Morgan fingerprint density at radius 1 is 1.00 bits per heavy atom. The summed E-state index contributed by atoms with van der Waals surface area (Å²) in [6.45, 7) is 2.26. The fraction of sp³-hybridized carbons (Fsp3) is 0.333. The predicted octanol–water partition coefficient (Wildman–Crippen LogP) is 3.65. The van der Waals surface area contributed by atoms with Gasteiger partial charge in [-0.15, -0.1) is 0 Å². The topological polar surface area (TPSA) is 12.0 Å². The third-order valence-corrected chi connectivity index (χ3v) is 3.55. The zero-order valence-corrected chi connectivity index (χ0v) is 9.61. The summed E-state index contributed by atoms with van der Waals surface area (Å²) in [7, 11) is 0. The van der Waals surface area contributed by atoms with E-state index in [0.29, 0.717) is 12.1 Å². The summed E-state index contributed by atoms with van der Waals surface area (Å²) in [5.41, 5.74) is 1.43. The first-order valence-electron chi connectivity index (χ1n) is 6.08. The third-order valence-electron chi connectivity index (χ3n) is 3.55. The standard InChI is InChI=1S/C15H17N/c1-11-6-9-15(16-11)14-8-7-12-4-2-3-5-13(12)10-14/h2-5,7-8,10-11,15-16H,6,9H2,1H3. The molecule has 82 valence electrons. The molecule has 0 bridgehead atoms. The highest BCUT2D eigenvalue weighted by molar-refractivity contribution is 5.83. The van der Waals surface area contributed by atoms with Gasteiger partial charge in [0, 0.05) is 12.1 Å². The summed E-state index contributed by atoms with van der Waals surface area (Å²) in [4.78, 5) is 0. The molecule has 1 saturated heterocycles. The second-order valence-electron chi connectivity index (χ2n) is 4.80. The molecule has 0 radical (unpaired) electrons. The van der Waals surface area contributed by atoms with Crippen LogP contribution in [0.25, 0.3) is 10.8 Å². The van der Waals surface area contributed by atoms with E-state index in [-0.39, 0.29) is 0 Å². The van der Waals surface area contributed by atoms with E-state index in [1.165, 1.54) is 29.2 Å². The quantitative estimate of drug-likeness (QED) is 0.759. The van der Waals surface area contributed by atoms with Crippen LogP contribution >= 0.6 is 0 Å². The number of fused-ring (bicyclic) bond motifs is 1. The summed E-state index contributed by atoms with van der Waals surface area (Å²) in [5, 5.41) is 6.31. The van der Waals surface area contributed by atoms with Crippen molar-refractivity contribution < 1.29 is 0 Å². The van der Waals surface area contributed by atoms with Crippen LogP contribution in [0.4, 0.5) is 0 Å². The lowest BCUT2D eigenvalue weighted by molar-refractivity contribution is 0.585. The Kier molecular flexibility index (Phi) is 2.41. The normalized spacial score (nSPS) is 25.1. The maximum absolute atomic E-state index is 3.63. The van der Waals surface area contributed by atoms with Crippen LogP contribution < -0.4 is 5.32 Å². The molecule has 2 atom stereocenters. The van der Waals surface area contributed by atoms with Crippen LogP contribution in [0.2, 0.25) is 0 Å². The van der Waals surface area contributed by atoms with Gasteiger partial charge in [0.15, 0.2) is 0 Å². The second kappa shape index (κ2) is 3.91. The molecule has 0 amide bonds. The SMILES string of the molecule is CC1CCC(c2ccc3ccccc3c2)N1. The second-order valence-corrected chi connectivity index (χ2v) is 4.80. The molecule has 1 heteroatoms. The Balaban J connectivity index is 1.99. The Labute approximate surface area is 96.5 Å². The minimum atomic E-state index is 0.555. The zero-order valence-electron chi connectivity index (χ0n) is 9.61. The minimum absolute atomic E-state index is 0.555. The van der Waals surface area contributed by atoms with Crippen LogP contribution in [-0.4, -0.2) is 6.04 Å². The van der Waals surface area contributed by atoms with Gasteiger partial charge in [-0.3, -0.25) is 0 Å². The van der Waals surface area contributed by atoms with Crippen molar-refractivity contribution in [3.63, 3.8) is 0 Å². The number of hydrogen-bond acceptors (Lipinski definition) is 1. The highest BCUT2D eigenvalue weighted by Crippen LogP contribution is 2.28. The van der Waals surface area contributed by atoms with Crippen molar-refractivity contribution in [1.29, 1.82) is 0 Å². The first-order valence-corrected chi connectivity index (χ1v) is 6.08. The van der Waals surface area contributed by atoms with Gasteiger partial charge in [0.1, 0.15) is 0 Å². The molecule has 1 aliphatic rings. The van der Waals surface area contributed by atoms with Crippen molar-refractivity contribution in [1.82, 2.24) is 5.32 Å². The van der Waals surface area contributed by atoms with Gasteiger partial charge in [0.25, 0.3) is 0 Å². The molecule has 1 nitrogen and oxygen atoms in total. The number of nitrogens with one attached hydrogen (secondary N) is 1. The van der Waals surface area contributed by atoms with E-state index >= 15 is 0 Å². The van der Waals surface area contributed by atoms with Gasteiger partial charge in [-0.05, 0) is 42.2 Å². The van der Waals surface area contributed by atoms with Gasteiger partial charge >= 0.3 is 0 Å². The molecule has 1 N–H and O–H groups in total. The molecule has 0 aliphatic carbocycles. The molecule has 1 fully saturated rings. The maximum Gasteiger partial charge on any atom is 0.0323 e. The molecular formula is C15H17N. The molecule has 2 aromatic carbocycles. The molecule has 0 spiro atoms. The Morgan fingerprint density at radius 3 is 2.56 bits per heavy atom. The molecular weight excluding hydrogens is 194 g/mol. The molecule has 2 aromatic rings. The van der Waals surface area contributed by atoms with E-state index in [0.717, 1.165) is 0 Å². The monoisotopic (exact) mass is 211 g/mol. The van der Waals surface area contributed by atoms with E-state index < -0.39 is 0 Å². The Morgan fingerprint density at radius 2 is 1.81 bits per heavy atom. The van der Waals surface area contributed by atoms with Gasteiger partial charge in [-0.25, -0.2) is 0 Å². The van der Waals surface area contributed by atoms with Crippen LogP contribution in [0.3, 0.4) is 0 Å². The zero-order chi connectivity index (χ0) is 11.0. The van der Waals surface area contributed by atoms with Gasteiger partial charge in [0.05, 0.1) is 0 Å². The summed E-state index contributed by atoms with van der Waals surface area (Å²) in [5.74, 6) is 0. The van der Waals surface area contributed by atoms with Crippen molar-refractivity contribution >= 4 is 10.8 Å². The highest BCUT2D eigenvalue weighted by atomic mass is 15.0. The van der Waals surface area contributed by atoms with Gasteiger partial charge in [0.2, 0.25) is 0 Å². The molecule has 16 heavy (non-hydrogen) atoms. The number of rotatable bonds is 1. The maximum atomic E-state index is 3.63. The molecule has 3 rings (SSSR count). The van der Waals surface area contributed by atoms with E-state index in [9.17, 15) is 0 Å². The van der Waals surface area contributed by atoms with Crippen LogP contribution in [0, 0.1) is 0 Å². The first kappa shape index (κ1) is 9.86. The smallest absolute Gasteiger partial charge is 0.0323 e. The lowest BCUT2D eigenvalue weighted by atomic mass is 10.0. The van der Waals surface area contributed by atoms with Crippen LogP contribution in [-0.2, 0) is 0 Å². The fourth-order valence-corrected chi connectivity index (χ4v) is 2.61. The average molecular weight is 211 g/mol. The number of benzene rings is 2. The summed E-state index contributed by atoms with van der Waals surface area (Å²) in [6.07, 6.45) is 2.55. The van der Waals surface area contributed by atoms with E-state index in [2.05, 4.69) is 54.7 Å². The van der Waals surface area contributed by atoms with Crippen molar-refractivity contribution in [3.8, 4) is 0 Å². The lowest BCUT2D eigenvalue weighted by Gasteiger charge is -2.12. The summed E-state index contributed by atoms with van der Waals surface area (Å²) in [6, 6.07) is 16.6. The van der Waals surface area contributed by atoms with Gasteiger partial charge in [-0.2, -0.15) is 0 Å². The first-order chi connectivity index (χ1) is 7.83. The van der Waals surface area contributed by atoms with Crippen LogP contribution in [0.15, 0.2) is 42.5 Å².